The van der Waals surface area contributed by atoms with Crippen molar-refractivity contribution in [1.82, 2.24) is 0 Å². The molecular weight excluding hydrogens is 504 g/mol. The molecule has 0 rings (SSSR count). The van der Waals surface area contributed by atoms with Crippen LogP contribution in [0.2, 0.25) is 0 Å². The summed E-state index contributed by atoms with van der Waals surface area (Å²) in [6.07, 6.45) is 0.126. The number of aliphatic hydroxyl groups is 4. The van der Waals surface area contributed by atoms with E-state index in [1.165, 1.54) is 0 Å². The summed E-state index contributed by atoms with van der Waals surface area (Å²) in [5.74, 6) is 0. The van der Waals surface area contributed by atoms with E-state index in [4.69, 9.17) is 20.4 Å². The molecule has 0 aliphatic heterocycles. The van der Waals surface area contributed by atoms with Crippen LogP contribution in [0.25, 0.3) is 0 Å². The quantitative estimate of drug-likeness (QED) is 0.374. The molecule has 12 heavy (non-hydrogen) atoms. The fourth-order valence-corrected chi connectivity index (χ4v) is 0.129. The Morgan fingerprint density at radius 3 is 1.25 bits per heavy atom. The second-order valence-electron chi connectivity index (χ2n) is 1.24. The van der Waals surface area contributed by atoms with Crippen LogP contribution in [0.3, 0.4) is 0 Å². The van der Waals surface area contributed by atoms with E-state index in [-0.39, 0.29) is 48.7 Å². The Kier molecular flexibility index (Phi) is 96.8. The number of hydrogen-bond acceptors (Lipinski definition) is 4. The molecule has 0 spiro atoms. The van der Waals surface area contributed by atoms with Crippen LogP contribution >= 0.6 is 0 Å². The van der Waals surface area contributed by atoms with Crippen LogP contribution in [-0.4, -0.2) is 47.4 Å². The fourth-order valence-electron chi connectivity index (χ4n) is 0.129. The van der Waals surface area contributed by atoms with E-state index in [2.05, 4.69) is 0 Å². The van der Waals surface area contributed by atoms with Crippen molar-refractivity contribution in [2.75, 3.05) is 20.8 Å². The van der Waals surface area contributed by atoms with E-state index in [0.717, 1.165) is 14.2 Å². The Morgan fingerprint density at radius 2 is 1.25 bits per heavy atom. The van der Waals surface area contributed by atoms with Crippen molar-refractivity contribution in [2.45, 2.75) is 19.4 Å². The molecule has 78 valence electrons. The van der Waals surface area contributed by atoms with Gasteiger partial charge in [0.05, 0.1) is 12.7 Å². The van der Waals surface area contributed by atoms with Crippen molar-refractivity contribution < 1.29 is 62.6 Å². The summed E-state index contributed by atoms with van der Waals surface area (Å²) < 4.78 is 0. The molecule has 0 aromatic rings. The van der Waals surface area contributed by atoms with E-state index < -0.39 is 6.10 Å². The summed E-state index contributed by atoms with van der Waals surface area (Å²) in [6.45, 7) is 1.71. The average molecular weight is 522 g/mol. The van der Waals surface area contributed by atoms with Crippen LogP contribution in [0.4, 0.5) is 0 Å². The van der Waals surface area contributed by atoms with Gasteiger partial charge in [-0.15, -0.1) is 0 Å². The van der Waals surface area contributed by atoms with E-state index in [0.29, 0.717) is 6.42 Å². The van der Waals surface area contributed by atoms with Gasteiger partial charge >= 0.3 is 0 Å². The zero-order chi connectivity index (χ0) is 8.99. The minimum Gasteiger partial charge on any atom is -0.400 e. The van der Waals surface area contributed by atoms with Crippen LogP contribution < -0.4 is 0 Å². The molecule has 1 unspecified atom stereocenters. The summed E-state index contributed by atoms with van der Waals surface area (Å²) in [5.41, 5.74) is 0. The maximum Gasteiger partial charge on any atom is 0.0768 e. The number of aliphatic hydroxyl groups excluding tert-OH is 4. The second-order valence-corrected chi connectivity index (χ2v) is 1.24. The molecule has 0 aromatic heterocycles. The smallest absolute Gasteiger partial charge is 0.0768 e. The second kappa shape index (κ2) is 39.8. The first-order valence-corrected chi connectivity index (χ1v) is 2.99. The van der Waals surface area contributed by atoms with Crippen LogP contribution in [0.15, 0.2) is 0 Å². The molecule has 0 aliphatic carbocycles. The Bertz CT molecular complexity index is 36.7. The van der Waals surface area contributed by atoms with E-state index in [1.807, 2.05) is 6.92 Å². The molecule has 0 aliphatic rings. The average Bonchev–Trinajstić information content (AvgIpc) is 2.10. The molecule has 0 aromatic carbocycles. The first kappa shape index (κ1) is 29.2. The molecule has 0 heterocycles. The van der Waals surface area contributed by atoms with Crippen molar-refractivity contribution in [3.05, 3.63) is 0 Å². The molecule has 0 radical (unpaired) electrons. The van der Waals surface area contributed by atoms with Crippen LogP contribution in [-0.2, 0) is 42.1 Å². The van der Waals surface area contributed by atoms with Gasteiger partial charge in [0.25, 0.3) is 0 Å². The van der Waals surface area contributed by atoms with Gasteiger partial charge in [-0.25, -0.2) is 0 Å². The number of hydrogen-bond donors (Lipinski definition) is 4. The molecule has 1 atom stereocenters. The van der Waals surface area contributed by atoms with Gasteiger partial charge in [-0.1, -0.05) is 6.92 Å². The van der Waals surface area contributed by atoms with Gasteiger partial charge in [-0.05, 0) is 6.42 Å². The van der Waals surface area contributed by atoms with Gasteiger partial charge < -0.3 is 20.4 Å². The largest absolute Gasteiger partial charge is 0.400 e. The van der Waals surface area contributed by atoms with Gasteiger partial charge in [0, 0.05) is 56.4 Å². The van der Waals surface area contributed by atoms with Gasteiger partial charge in [-0.2, -0.15) is 0 Å². The van der Waals surface area contributed by atoms with Gasteiger partial charge in [0.15, 0.2) is 0 Å². The summed E-state index contributed by atoms with van der Waals surface area (Å²) in [5, 5.41) is 30.5. The zero-order valence-electron chi connectivity index (χ0n) is 7.60. The van der Waals surface area contributed by atoms with Crippen molar-refractivity contribution in [2.24, 2.45) is 0 Å². The Hall–Kier alpha value is 1.22. The van der Waals surface area contributed by atoms with E-state index in [9.17, 15) is 0 Å². The van der Waals surface area contributed by atoms with E-state index >= 15 is 0 Å². The van der Waals surface area contributed by atoms with Crippen molar-refractivity contribution in [3.63, 3.8) is 0 Å². The topological polar surface area (TPSA) is 80.9 Å². The molecule has 4 nitrogen and oxygen atoms in total. The monoisotopic (exact) mass is 522 g/mol. The summed E-state index contributed by atoms with van der Waals surface area (Å²) in [6, 6.07) is 0. The Labute approximate surface area is 103 Å². The van der Waals surface area contributed by atoms with Gasteiger partial charge in [-0.3, -0.25) is 0 Å². The van der Waals surface area contributed by atoms with Crippen molar-refractivity contribution in [1.29, 1.82) is 0 Å². The standard InChI is InChI=1S/C4H10O2.2CH4O.2W/c1-2-4(6)3-5;2*1-2;;/h4-6H,2-3H2,1H3;2*2H,1H3;;. The van der Waals surface area contributed by atoms with Crippen LogP contribution in [0, 0.1) is 0 Å². The van der Waals surface area contributed by atoms with Crippen LogP contribution in [0.1, 0.15) is 13.3 Å². The summed E-state index contributed by atoms with van der Waals surface area (Å²) in [7, 11) is 2.00. The molecule has 6 heteroatoms. The fraction of sp³-hybridized carbons (Fsp3) is 1.00. The minimum absolute atomic E-state index is 0. The van der Waals surface area contributed by atoms with E-state index in [1.54, 1.807) is 0 Å². The predicted molar refractivity (Wildman–Crippen MR) is 39.7 cm³/mol. The molecule has 0 fully saturated rings. The Balaban J connectivity index is -0.0000000241. The van der Waals surface area contributed by atoms with Gasteiger partial charge in [0.2, 0.25) is 0 Å². The summed E-state index contributed by atoms with van der Waals surface area (Å²) in [4.78, 5) is 0. The SMILES string of the molecule is CCC(O)CO.CO.CO.[W].[W]. The van der Waals surface area contributed by atoms with Crippen molar-refractivity contribution >= 4 is 0 Å². The molecule has 0 saturated carbocycles. The predicted octanol–water partition coefficient (Wildman–Crippen LogP) is -1.04. The van der Waals surface area contributed by atoms with Crippen molar-refractivity contribution in [3.8, 4) is 0 Å². The normalized spacial score (nSPS) is 8.25. The molecule has 0 amide bonds. The third-order valence-electron chi connectivity index (χ3n) is 0.682. The molecular formula is C6H18O4W2. The third-order valence-corrected chi connectivity index (χ3v) is 0.682. The maximum atomic E-state index is 8.42. The Morgan fingerprint density at radius 1 is 1.00 bits per heavy atom. The number of rotatable bonds is 2. The third kappa shape index (κ3) is 43.0. The molecule has 4 N–H and O–H groups in total. The molecule has 0 bridgehead atoms. The van der Waals surface area contributed by atoms with Gasteiger partial charge in [0.1, 0.15) is 0 Å². The summed E-state index contributed by atoms with van der Waals surface area (Å²) >= 11 is 0. The first-order chi connectivity index (χ1) is 4.81. The maximum absolute atomic E-state index is 8.42. The molecule has 0 saturated heterocycles. The zero-order valence-corrected chi connectivity index (χ0v) is 13.5. The van der Waals surface area contributed by atoms with Crippen LogP contribution in [0.5, 0.6) is 0 Å². The minimum atomic E-state index is -0.509. The first-order valence-electron chi connectivity index (χ1n) is 2.99.